The summed E-state index contributed by atoms with van der Waals surface area (Å²) in [6.45, 7) is 5.16. The third-order valence-electron chi connectivity index (χ3n) is 4.96. The molecule has 29 heavy (non-hydrogen) atoms. The van der Waals surface area contributed by atoms with Gasteiger partial charge in [-0.25, -0.2) is 0 Å². The number of phenols is 1. The minimum atomic E-state index is -0.295. The third kappa shape index (κ3) is 5.75. The van der Waals surface area contributed by atoms with Crippen molar-refractivity contribution in [3.8, 4) is 11.5 Å². The van der Waals surface area contributed by atoms with Gasteiger partial charge in [-0.3, -0.25) is 9.69 Å². The molecule has 3 rings (SSSR count). The summed E-state index contributed by atoms with van der Waals surface area (Å²) in [5.41, 5.74) is 1.85. The predicted octanol–water partition coefficient (Wildman–Crippen LogP) is 5.98. The number of aromatic hydroxyl groups is 1. The molecule has 1 N–H and O–H groups in total. The molecule has 0 atom stereocenters. The van der Waals surface area contributed by atoms with Gasteiger partial charge in [-0.15, -0.1) is 0 Å². The molecule has 0 aromatic heterocycles. The van der Waals surface area contributed by atoms with Gasteiger partial charge in [0.2, 0.25) is 0 Å². The fourth-order valence-electron chi connectivity index (χ4n) is 3.48. The summed E-state index contributed by atoms with van der Waals surface area (Å²) >= 11 is 12.1. The van der Waals surface area contributed by atoms with E-state index in [0.717, 1.165) is 18.7 Å². The first-order valence-electron chi connectivity index (χ1n) is 9.86. The number of likely N-dealkylation sites (tertiary alicyclic amines) is 1. The Morgan fingerprint density at radius 3 is 2.62 bits per heavy atom. The van der Waals surface area contributed by atoms with E-state index in [1.165, 1.54) is 25.3 Å². The number of ketones is 1. The van der Waals surface area contributed by atoms with Crippen LogP contribution in [0.3, 0.4) is 0 Å². The van der Waals surface area contributed by atoms with Crippen molar-refractivity contribution in [2.24, 2.45) is 0 Å². The number of rotatable bonds is 7. The zero-order chi connectivity index (χ0) is 20.8. The number of allylic oxidation sites excluding steroid dienone is 1. The van der Waals surface area contributed by atoms with Crippen LogP contribution in [0.5, 0.6) is 11.5 Å². The lowest BCUT2D eigenvalue weighted by Gasteiger charge is -2.27. The lowest BCUT2D eigenvalue weighted by atomic mass is 10.0. The molecule has 0 saturated carbocycles. The molecule has 4 nitrogen and oxygen atoms in total. The van der Waals surface area contributed by atoms with Crippen molar-refractivity contribution in [2.45, 2.75) is 32.7 Å². The number of phenolic OH excluding ortho intramolecular Hbond substituents is 1. The molecule has 154 valence electrons. The van der Waals surface area contributed by atoms with E-state index in [2.05, 4.69) is 4.90 Å². The highest BCUT2D eigenvalue weighted by atomic mass is 35.5. The molecule has 1 aliphatic heterocycles. The van der Waals surface area contributed by atoms with Crippen LogP contribution in [0.25, 0.3) is 6.08 Å². The third-order valence-corrected chi connectivity index (χ3v) is 5.53. The number of nitrogens with zero attached hydrogens (tertiary/aromatic N) is 1. The largest absolute Gasteiger partial charge is 0.507 e. The minimum Gasteiger partial charge on any atom is -0.507 e. The van der Waals surface area contributed by atoms with E-state index in [9.17, 15) is 9.90 Å². The molecule has 0 radical (unpaired) electrons. The summed E-state index contributed by atoms with van der Waals surface area (Å²) in [5.74, 6) is 0.237. The first-order valence-corrected chi connectivity index (χ1v) is 10.6. The molecule has 0 bridgehead atoms. The molecule has 1 heterocycles. The smallest absolute Gasteiger partial charge is 0.189 e. The SMILES string of the molecule is CCOc1cc(O)c(C(=O)/C=C/c2ccc(Cl)cc2Cl)cc1CN1CCCCC1. The van der Waals surface area contributed by atoms with E-state index < -0.39 is 0 Å². The summed E-state index contributed by atoms with van der Waals surface area (Å²) in [6.07, 6.45) is 6.65. The molecule has 1 fully saturated rings. The maximum atomic E-state index is 12.8. The Bertz CT molecular complexity index is 905. The maximum absolute atomic E-state index is 12.8. The van der Waals surface area contributed by atoms with Crippen LogP contribution in [-0.2, 0) is 6.54 Å². The Hall–Kier alpha value is -2.01. The van der Waals surface area contributed by atoms with Crippen LogP contribution in [0.4, 0.5) is 0 Å². The number of carbonyl (C=O) groups is 1. The van der Waals surface area contributed by atoms with Gasteiger partial charge in [0.25, 0.3) is 0 Å². The van der Waals surface area contributed by atoms with Crippen molar-refractivity contribution in [3.05, 3.63) is 63.1 Å². The number of hydrogen-bond acceptors (Lipinski definition) is 4. The van der Waals surface area contributed by atoms with Gasteiger partial charge in [0.1, 0.15) is 11.5 Å². The van der Waals surface area contributed by atoms with Crippen LogP contribution in [0.1, 0.15) is 47.7 Å². The van der Waals surface area contributed by atoms with Crippen molar-refractivity contribution >= 4 is 35.1 Å². The standard InChI is InChI=1S/C23H25Cl2NO3/c1-2-29-23-14-22(28)19(12-17(23)15-26-10-4-3-5-11-26)21(27)9-7-16-6-8-18(24)13-20(16)25/h6-9,12-14,28H,2-5,10-11,15H2,1H3/b9-7+. The van der Waals surface area contributed by atoms with Crippen LogP contribution >= 0.6 is 23.2 Å². The summed E-state index contributed by atoms with van der Waals surface area (Å²) in [4.78, 5) is 15.1. The number of halogens is 2. The Morgan fingerprint density at radius 2 is 1.93 bits per heavy atom. The average Bonchev–Trinajstić information content (AvgIpc) is 2.70. The highest BCUT2D eigenvalue weighted by Gasteiger charge is 2.18. The molecular formula is C23H25Cl2NO3. The number of piperidine rings is 1. The molecule has 0 aliphatic carbocycles. The van der Waals surface area contributed by atoms with Crippen molar-refractivity contribution in [1.82, 2.24) is 4.90 Å². The number of hydrogen-bond donors (Lipinski definition) is 1. The Labute approximate surface area is 181 Å². The van der Waals surface area contributed by atoms with Gasteiger partial charge >= 0.3 is 0 Å². The second kappa shape index (κ2) is 10.1. The molecule has 1 saturated heterocycles. The van der Waals surface area contributed by atoms with Gasteiger partial charge in [-0.05, 0) is 68.8 Å². The van der Waals surface area contributed by atoms with Crippen molar-refractivity contribution in [1.29, 1.82) is 0 Å². The molecule has 0 amide bonds. The lowest BCUT2D eigenvalue weighted by molar-refractivity contribution is 0.104. The van der Waals surface area contributed by atoms with Gasteiger partial charge in [0.05, 0.1) is 12.2 Å². The van der Waals surface area contributed by atoms with Crippen LogP contribution in [0, 0.1) is 0 Å². The Morgan fingerprint density at radius 1 is 1.17 bits per heavy atom. The molecule has 0 spiro atoms. The number of benzene rings is 2. The zero-order valence-corrected chi connectivity index (χ0v) is 18.0. The molecule has 0 unspecified atom stereocenters. The van der Waals surface area contributed by atoms with Crippen LogP contribution in [0.15, 0.2) is 36.4 Å². The molecule has 2 aromatic carbocycles. The van der Waals surface area contributed by atoms with Crippen LogP contribution in [0.2, 0.25) is 10.0 Å². The van der Waals surface area contributed by atoms with E-state index >= 15 is 0 Å². The summed E-state index contributed by atoms with van der Waals surface area (Å²) in [6, 6.07) is 8.36. The van der Waals surface area contributed by atoms with E-state index in [0.29, 0.717) is 34.5 Å². The number of carbonyl (C=O) groups excluding carboxylic acids is 1. The van der Waals surface area contributed by atoms with Crippen molar-refractivity contribution in [3.63, 3.8) is 0 Å². The van der Waals surface area contributed by atoms with Gasteiger partial charge in [0.15, 0.2) is 5.78 Å². The Balaban J connectivity index is 1.85. The minimum absolute atomic E-state index is 0.0901. The molecule has 1 aliphatic rings. The van der Waals surface area contributed by atoms with E-state index in [4.69, 9.17) is 27.9 Å². The fraction of sp³-hybridized carbons (Fsp3) is 0.348. The van der Waals surface area contributed by atoms with E-state index in [1.54, 1.807) is 36.4 Å². The topological polar surface area (TPSA) is 49.8 Å². The molecule has 6 heteroatoms. The van der Waals surface area contributed by atoms with E-state index in [-0.39, 0.29) is 17.1 Å². The summed E-state index contributed by atoms with van der Waals surface area (Å²) in [7, 11) is 0. The summed E-state index contributed by atoms with van der Waals surface area (Å²) in [5, 5.41) is 11.4. The predicted molar refractivity (Wildman–Crippen MR) is 118 cm³/mol. The van der Waals surface area contributed by atoms with Crippen LogP contribution < -0.4 is 4.74 Å². The van der Waals surface area contributed by atoms with Gasteiger partial charge in [0, 0.05) is 28.2 Å². The Kier molecular flexibility index (Phi) is 7.59. The first-order chi connectivity index (χ1) is 14.0. The number of ether oxygens (including phenoxy) is 1. The summed E-state index contributed by atoms with van der Waals surface area (Å²) < 4.78 is 5.70. The second-order valence-corrected chi connectivity index (χ2v) is 7.95. The maximum Gasteiger partial charge on any atom is 0.189 e. The monoisotopic (exact) mass is 433 g/mol. The molecule has 2 aromatic rings. The highest BCUT2D eigenvalue weighted by molar-refractivity contribution is 6.35. The fourth-order valence-corrected chi connectivity index (χ4v) is 3.95. The lowest BCUT2D eigenvalue weighted by Crippen LogP contribution is -2.29. The highest BCUT2D eigenvalue weighted by Crippen LogP contribution is 2.31. The van der Waals surface area contributed by atoms with E-state index in [1.807, 2.05) is 6.92 Å². The molecular weight excluding hydrogens is 409 g/mol. The first kappa shape index (κ1) is 21.7. The average molecular weight is 434 g/mol. The van der Waals surface area contributed by atoms with Gasteiger partial charge in [-0.1, -0.05) is 35.7 Å². The van der Waals surface area contributed by atoms with Gasteiger partial charge < -0.3 is 9.84 Å². The van der Waals surface area contributed by atoms with Crippen molar-refractivity contribution in [2.75, 3.05) is 19.7 Å². The quantitative estimate of drug-likeness (QED) is 0.430. The van der Waals surface area contributed by atoms with Crippen LogP contribution in [-0.4, -0.2) is 35.5 Å². The van der Waals surface area contributed by atoms with Crippen molar-refractivity contribution < 1.29 is 14.6 Å². The second-order valence-electron chi connectivity index (χ2n) is 7.11. The zero-order valence-electron chi connectivity index (χ0n) is 16.5. The van der Waals surface area contributed by atoms with Gasteiger partial charge in [-0.2, -0.15) is 0 Å². The normalized spacial score (nSPS) is 15.0.